The summed E-state index contributed by atoms with van der Waals surface area (Å²) >= 11 is 1.47. The van der Waals surface area contributed by atoms with Crippen molar-refractivity contribution in [2.24, 2.45) is 0 Å². The van der Waals surface area contributed by atoms with Crippen molar-refractivity contribution < 1.29 is 0 Å². The molecule has 92 valence electrons. The Morgan fingerprint density at radius 3 is 2.89 bits per heavy atom. The maximum Gasteiger partial charge on any atom is 0.200 e. The van der Waals surface area contributed by atoms with Crippen LogP contribution in [-0.2, 0) is 0 Å². The van der Waals surface area contributed by atoms with Gasteiger partial charge in [-0.05, 0) is 42.4 Å². The zero-order chi connectivity index (χ0) is 13.2. The van der Waals surface area contributed by atoms with Crippen molar-refractivity contribution in [3.05, 3.63) is 53.7 Å². The second kappa shape index (κ2) is 4.75. The fourth-order valence-corrected chi connectivity index (χ4v) is 2.83. The topological polar surface area (TPSA) is 54.0 Å². The molecule has 0 spiro atoms. The van der Waals surface area contributed by atoms with Crippen LogP contribution >= 0.6 is 11.8 Å². The highest BCUT2D eigenvalue weighted by atomic mass is 32.2. The Hall–Kier alpha value is -2.32. The molecule has 2 aromatic heterocycles. The molecule has 0 aliphatic rings. The second-order valence-electron chi connectivity index (χ2n) is 4.08. The highest BCUT2D eigenvalue weighted by Crippen LogP contribution is 2.31. The largest absolute Gasteiger partial charge is 0.277 e. The minimum absolute atomic E-state index is 0.665. The van der Waals surface area contributed by atoms with E-state index in [0.717, 1.165) is 21.3 Å². The molecule has 0 aliphatic heterocycles. The van der Waals surface area contributed by atoms with Crippen LogP contribution in [0.4, 0.5) is 0 Å². The lowest BCUT2D eigenvalue weighted by Gasteiger charge is -2.05. The molecule has 5 heteroatoms. The summed E-state index contributed by atoms with van der Waals surface area (Å²) in [5.74, 6) is 0. The van der Waals surface area contributed by atoms with Crippen molar-refractivity contribution >= 4 is 17.4 Å². The monoisotopic (exact) mass is 266 g/mol. The van der Waals surface area contributed by atoms with E-state index >= 15 is 0 Å². The van der Waals surface area contributed by atoms with Crippen LogP contribution in [-0.4, -0.2) is 14.6 Å². The summed E-state index contributed by atoms with van der Waals surface area (Å²) in [6.45, 7) is 1.99. The number of pyridine rings is 1. The predicted octanol–water partition coefficient (Wildman–Crippen LogP) is 3.06. The number of fused-ring (bicyclic) bond motifs is 1. The van der Waals surface area contributed by atoms with E-state index in [-0.39, 0.29) is 0 Å². The summed E-state index contributed by atoms with van der Waals surface area (Å²) in [5, 5.41) is 18.2. The first-order chi connectivity index (χ1) is 9.29. The van der Waals surface area contributed by atoms with E-state index in [1.165, 1.54) is 11.8 Å². The van der Waals surface area contributed by atoms with Gasteiger partial charge in [0.1, 0.15) is 6.07 Å². The fraction of sp³-hybridized carbons (Fsp3) is 0.0714. The average molecular weight is 266 g/mol. The number of nitrogens with zero attached hydrogens (tertiary/aromatic N) is 4. The van der Waals surface area contributed by atoms with Crippen molar-refractivity contribution in [2.45, 2.75) is 17.0 Å². The number of rotatable bonds is 2. The van der Waals surface area contributed by atoms with Crippen LogP contribution in [0.15, 0.2) is 52.6 Å². The zero-order valence-electron chi connectivity index (χ0n) is 10.2. The molecule has 0 radical (unpaired) electrons. The van der Waals surface area contributed by atoms with Gasteiger partial charge in [-0.3, -0.25) is 4.40 Å². The van der Waals surface area contributed by atoms with E-state index in [1.54, 1.807) is 0 Å². The van der Waals surface area contributed by atoms with Gasteiger partial charge in [0, 0.05) is 11.1 Å². The molecule has 0 unspecified atom stereocenters. The second-order valence-corrected chi connectivity index (χ2v) is 5.05. The van der Waals surface area contributed by atoms with Gasteiger partial charge in [0.25, 0.3) is 0 Å². The van der Waals surface area contributed by atoms with Crippen molar-refractivity contribution in [1.29, 1.82) is 5.26 Å². The Morgan fingerprint density at radius 1 is 1.16 bits per heavy atom. The number of aryl methyl sites for hydroxylation is 1. The lowest BCUT2D eigenvalue weighted by atomic mass is 10.1. The third-order valence-electron chi connectivity index (χ3n) is 2.81. The first kappa shape index (κ1) is 11.8. The van der Waals surface area contributed by atoms with E-state index < -0.39 is 0 Å². The van der Waals surface area contributed by atoms with Crippen LogP contribution in [0.3, 0.4) is 0 Å². The minimum atomic E-state index is 0.665. The van der Waals surface area contributed by atoms with Gasteiger partial charge >= 0.3 is 0 Å². The molecule has 19 heavy (non-hydrogen) atoms. The molecule has 0 atom stereocenters. The Labute approximate surface area is 114 Å². The molecule has 3 aromatic rings. The molecule has 0 amide bonds. The van der Waals surface area contributed by atoms with E-state index in [1.807, 2.05) is 53.9 Å². The molecule has 0 saturated heterocycles. The summed E-state index contributed by atoms with van der Waals surface area (Å²) in [7, 11) is 0. The number of hydrogen-bond acceptors (Lipinski definition) is 4. The molecular weight excluding hydrogens is 256 g/mol. The Bertz CT molecular complexity index is 785. The summed E-state index contributed by atoms with van der Waals surface area (Å²) in [6, 6.07) is 13.7. The van der Waals surface area contributed by atoms with Gasteiger partial charge in [0.15, 0.2) is 10.8 Å². The lowest BCUT2D eigenvalue weighted by Crippen LogP contribution is -1.90. The van der Waals surface area contributed by atoms with Crippen LogP contribution in [0.5, 0.6) is 0 Å². The maximum absolute atomic E-state index is 9.18. The normalized spacial score (nSPS) is 10.5. The third-order valence-corrected chi connectivity index (χ3v) is 4.02. The molecule has 0 aliphatic carbocycles. The van der Waals surface area contributed by atoms with Crippen molar-refractivity contribution in [3.63, 3.8) is 0 Å². The van der Waals surface area contributed by atoms with Gasteiger partial charge in [0.2, 0.25) is 0 Å². The minimum Gasteiger partial charge on any atom is -0.277 e. The molecule has 0 N–H and O–H groups in total. The summed E-state index contributed by atoms with van der Waals surface area (Å²) in [4.78, 5) is 0.933. The van der Waals surface area contributed by atoms with Gasteiger partial charge < -0.3 is 0 Å². The zero-order valence-corrected chi connectivity index (χ0v) is 11.1. The van der Waals surface area contributed by atoms with Gasteiger partial charge in [-0.25, -0.2) is 0 Å². The Balaban J connectivity index is 2.09. The average Bonchev–Trinajstić information content (AvgIpc) is 2.84. The maximum atomic E-state index is 9.18. The molecule has 3 rings (SSSR count). The van der Waals surface area contributed by atoms with Crippen molar-refractivity contribution in [3.8, 4) is 6.07 Å². The smallest absolute Gasteiger partial charge is 0.200 e. The van der Waals surface area contributed by atoms with Gasteiger partial charge in [-0.2, -0.15) is 5.26 Å². The quantitative estimate of drug-likeness (QED) is 0.715. The first-order valence-corrected chi connectivity index (χ1v) is 6.58. The van der Waals surface area contributed by atoms with Gasteiger partial charge in [0.05, 0.1) is 5.56 Å². The predicted molar refractivity (Wildman–Crippen MR) is 73.0 cm³/mol. The van der Waals surface area contributed by atoms with E-state index in [0.29, 0.717) is 5.56 Å². The standard InChI is InChI=1S/C14H10N4S/c1-10-5-4-6-11(9-15)13(10)19-14-17-16-12-7-2-3-8-18(12)14/h2-8H,1H3. The number of benzene rings is 1. The lowest BCUT2D eigenvalue weighted by molar-refractivity contribution is 0.920. The molecule has 4 nitrogen and oxygen atoms in total. The highest BCUT2D eigenvalue weighted by molar-refractivity contribution is 7.99. The summed E-state index contributed by atoms with van der Waals surface area (Å²) in [5.41, 5.74) is 2.53. The van der Waals surface area contributed by atoms with Crippen LogP contribution in [0.2, 0.25) is 0 Å². The van der Waals surface area contributed by atoms with Crippen molar-refractivity contribution in [1.82, 2.24) is 14.6 Å². The number of hydrogen-bond donors (Lipinski definition) is 0. The molecule has 0 fully saturated rings. The number of aromatic nitrogens is 3. The van der Waals surface area contributed by atoms with E-state index in [4.69, 9.17) is 0 Å². The van der Waals surface area contributed by atoms with Crippen LogP contribution in [0.1, 0.15) is 11.1 Å². The third kappa shape index (κ3) is 2.07. The molecule has 0 bridgehead atoms. The van der Waals surface area contributed by atoms with Crippen LogP contribution < -0.4 is 0 Å². The number of nitriles is 1. The van der Waals surface area contributed by atoms with E-state index in [2.05, 4.69) is 16.3 Å². The molecule has 0 saturated carbocycles. The Kier molecular flexibility index (Phi) is 2.94. The molecule has 2 heterocycles. The van der Waals surface area contributed by atoms with Gasteiger partial charge in [-0.1, -0.05) is 18.2 Å². The van der Waals surface area contributed by atoms with Crippen molar-refractivity contribution in [2.75, 3.05) is 0 Å². The summed E-state index contributed by atoms with van der Waals surface area (Å²) in [6.07, 6.45) is 1.92. The van der Waals surface area contributed by atoms with Gasteiger partial charge in [-0.15, -0.1) is 10.2 Å². The molecular formula is C14H10N4S. The highest BCUT2D eigenvalue weighted by Gasteiger charge is 2.11. The fourth-order valence-electron chi connectivity index (χ4n) is 1.86. The summed E-state index contributed by atoms with van der Waals surface area (Å²) < 4.78 is 1.91. The first-order valence-electron chi connectivity index (χ1n) is 5.77. The SMILES string of the molecule is Cc1cccc(C#N)c1Sc1nnc2ccccn12. The van der Waals surface area contributed by atoms with Crippen LogP contribution in [0.25, 0.3) is 5.65 Å². The van der Waals surface area contributed by atoms with E-state index in [9.17, 15) is 5.26 Å². The van der Waals surface area contributed by atoms with Crippen LogP contribution in [0, 0.1) is 18.3 Å². The Morgan fingerprint density at radius 2 is 2.05 bits per heavy atom. The molecule has 1 aromatic carbocycles.